The van der Waals surface area contributed by atoms with E-state index in [4.69, 9.17) is 33.0 Å². The van der Waals surface area contributed by atoms with Crippen LogP contribution in [0.5, 0.6) is 5.75 Å². The number of likely N-dealkylation sites (tertiary alicyclic amines) is 1. The van der Waals surface area contributed by atoms with E-state index in [1.807, 2.05) is 0 Å². The second-order valence-corrected chi connectivity index (χ2v) is 5.78. The number of ether oxygens (including phenoxy) is 1. The topological polar surface area (TPSA) is 49.8 Å². The van der Waals surface area contributed by atoms with Crippen LogP contribution in [-0.2, 0) is 4.79 Å². The number of carboxylic acids is 1. The predicted molar refractivity (Wildman–Crippen MR) is 86.0 cm³/mol. The molecular formula is C14H18Cl3NO3. The molecule has 0 unspecified atom stereocenters. The average Bonchev–Trinajstić information content (AvgIpc) is 2.38. The monoisotopic (exact) mass is 353 g/mol. The van der Waals surface area contributed by atoms with E-state index >= 15 is 0 Å². The van der Waals surface area contributed by atoms with Gasteiger partial charge in [-0.05, 0) is 44.1 Å². The smallest absolute Gasteiger partial charge is 0.306 e. The van der Waals surface area contributed by atoms with Gasteiger partial charge in [0, 0.05) is 16.6 Å². The lowest BCUT2D eigenvalue weighted by atomic mass is 9.97. The van der Waals surface area contributed by atoms with Crippen molar-refractivity contribution >= 4 is 41.6 Å². The second-order valence-electron chi connectivity index (χ2n) is 4.91. The first-order chi connectivity index (χ1) is 9.54. The standard InChI is InChI=1S/C14H17Cl2NO3.ClH/c15-11-7-12(16)9-13(8-11)20-6-5-17-3-1-10(2-4-17)14(18)19;/h7-10H,1-6H2,(H,18,19);1H. The molecule has 21 heavy (non-hydrogen) atoms. The fourth-order valence-electron chi connectivity index (χ4n) is 2.31. The molecule has 1 heterocycles. The maximum Gasteiger partial charge on any atom is 0.306 e. The Morgan fingerprint density at radius 2 is 1.81 bits per heavy atom. The lowest BCUT2D eigenvalue weighted by Crippen LogP contribution is -2.38. The van der Waals surface area contributed by atoms with E-state index in [1.54, 1.807) is 18.2 Å². The third-order valence-corrected chi connectivity index (χ3v) is 3.89. The molecule has 1 aliphatic heterocycles. The van der Waals surface area contributed by atoms with Crippen molar-refractivity contribution < 1.29 is 14.6 Å². The summed E-state index contributed by atoms with van der Waals surface area (Å²) in [6.07, 6.45) is 1.41. The van der Waals surface area contributed by atoms with Crippen molar-refractivity contribution in [3.05, 3.63) is 28.2 Å². The van der Waals surface area contributed by atoms with Crippen LogP contribution in [-0.4, -0.2) is 42.2 Å². The summed E-state index contributed by atoms with van der Waals surface area (Å²) in [5, 5.41) is 10.0. The Kier molecular flexibility index (Phi) is 7.60. The Hall–Kier alpha value is -0.680. The molecule has 1 aliphatic rings. The Balaban J connectivity index is 0.00000220. The van der Waals surface area contributed by atoms with Gasteiger partial charge < -0.3 is 9.84 Å². The van der Waals surface area contributed by atoms with Crippen molar-refractivity contribution in [2.24, 2.45) is 5.92 Å². The summed E-state index contributed by atoms with van der Waals surface area (Å²) >= 11 is 11.8. The molecule has 4 nitrogen and oxygen atoms in total. The average molecular weight is 355 g/mol. The number of hydrogen-bond donors (Lipinski definition) is 1. The van der Waals surface area contributed by atoms with E-state index in [0.717, 1.165) is 19.6 Å². The van der Waals surface area contributed by atoms with Gasteiger partial charge in [0.25, 0.3) is 0 Å². The number of aliphatic carboxylic acids is 1. The van der Waals surface area contributed by atoms with Crippen molar-refractivity contribution in [3.8, 4) is 5.75 Å². The van der Waals surface area contributed by atoms with Crippen LogP contribution >= 0.6 is 35.6 Å². The Morgan fingerprint density at radius 1 is 1.24 bits per heavy atom. The summed E-state index contributed by atoms with van der Waals surface area (Å²) in [6.45, 7) is 2.91. The van der Waals surface area contributed by atoms with E-state index in [9.17, 15) is 4.79 Å². The van der Waals surface area contributed by atoms with E-state index < -0.39 is 5.97 Å². The Bertz CT molecular complexity index is 456. The van der Waals surface area contributed by atoms with Gasteiger partial charge in [0.05, 0.1) is 5.92 Å². The number of carbonyl (C=O) groups is 1. The first kappa shape index (κ1) is 18.4. The molecule has 1 saturated heterocycles. The molecular weight excluding hydrogens is 337 g/mol. The number of piperidine rings is 1. The SMILES string of the molecule is Cl.O=C(O)C1CCN(CCOc2cc(Cl)cc(Cl)c2)CC1. The zero-order valence-electron chi connectivity index (χ0n) is 11.4. The number of benzene rings is 1. The van der Waals surface area contributed by atoms with Gasteiger partial charge in [-0.15, -0.1) is 12.4 Å². The van der Waals surface area contributed by atoms with Gasteiger partial charge in [-0.3, -0.25) is 9.69 Å². The zero-order chi connectivity index (χ0) is 14.5. The van der Waals surface area contributed by atoms with Gasteiger partial charge in [-0.2, -0.15) is 0 Å². The minimum Gasteiger partial charge on any atom is -0.492 e. The first-order valence-electron chi connectivity index (χ1n) is 6.58. The largest absolute Gasteiger partial charge is 0.492 e. The van der Waals surface area contributed by atoms with Crippen LogP contribution < -0.4 is 4.74 Å². The lowest BCUT2D eigenvalue weighted by molar-refractivity contribution is -0.143. The van der Waals surface area contributed by atoms with Crippen LogP contribution in [0, 0.1) is 5.92 Å². The molecule has 7 heteroatoms. The predicted octanol–water partition coefficient (Wildman–Crippen LogP) is 3.59. The van der Waals surface area contributed by atoms with Crippen LogP contribution in [0.25, 0.3) is 0 Å². The molecule has 0 radical (unpaired) electrons. The van der Waals surface area contributed by atoms with Gasteiger partial charge >= 0.3 is 5.97 Å². The summed E-state index contributed by atoms with van der Waals surface area (Å²) in [6, 6.07) is 5.11. The summed E-state index contributed by atoms with van der Waals surface area (Å²) in [4.78, 5) is 13.1. The van der Waals surface area contributed by atoms with E-state index in [1.165, 1.54) is 0 Å². The third-order valence-electron chi connectivity index (χ3n) is 3.45. The maximum atomic E-state index is 10.9. The molecule has 1 aromatic carbocycles. The second kappa shape index (κ2) is 8.69. The van der Waals surface area contributed by atoms with Crippen LogP contribution in [0.3, 0.4) is 0 Å². The summed E-state index contributed by atoms with van der Waals surface area (Å²) in [7, 11) is 0. The number of nitrogens with zero attached hydrogens (tertiary/aromatic N) is 1. The Labute approximate surface area is 140 Å². The van der Waals surface area contributed by atoms with Crippen molar-refractivity contribution in [2.45, 2.75) is 12.8 Å². The molecule has 0 bridgehead atoms. The molecule has 1 fully saturated rings. The third kappa shape index (κ3) is 5.91. The molecule has 0 aliphatic carbocycles. The highest BCUT2D eigenvalue weighted by molar-refractivity contribution is 6.34. The normalized spacial score (nSPS) is 16.3. The highest BCUT2D eigenvalue weighted by atomic mass is 35.5. The van der Waals surface area contributed by atoms with Gasteiger partial charge in [-0.25, -0.2) is 0 Å². The van der Waals surface area contributed by atoms with Crippen LogP contribution in [0.1, 0.15) is 12.8 Å². The fourth-order valence-corrected chi connectivity index (χ4v) is 2.81. The van der Waals surface area contributed by atoms with E-state index in [-0.39, 0.29) is 18.3 Å². The van der Waals surface area contributed by atoms with Gasteiger partial charge in [0.1, 0.15) is 12.4 Å². The number of carboxylic acid groups (broad SMARTS) is 1. The van der Waals surface area contributed by atoms with Crippen molar-refractivity contribution in [2.75, 3.05) is 26.2 Å². The minimum atomic E-state index is -0.686. The molecule has 0 amide bonds. The Morgan fingerprint density at radius 3 is 2.33 bits per heavy atom. The summed E-state index contributed by atoms with van der Waals surface area (Å²) in [5.41, 5.74) is 0. The quantitative estimate of drug-likeness (QED) is 0.878. The van der Waals surface area contributed by atoms with Gasteiger partial charge in [-0.1, -0.05) is 23.2 Å². The molecule has 2 rings (SSSR count). The number of halogens is 3. The number of rotatable bonds is 5. The van der Waals surface area contributed by atoms with Crippen molar-refractivity contribution in [1.82, 2.24) is 4.90 Å². The molecule has 1 aromatic rings. The molecule has 0 spiro atoms. The summed E-state index contributed by atoms with van der Waals surface area (Å²) < 4.78 is 5.62. The van der Waals surface area contributed by atoms with E-state index in [2.05, 4.69) is 4.90 Å². The number of hydrogen-bond acceptors (Lipinski definition) is 3. The maximum absolute atomic E-state index is 10.9. The molecule has 0 aromatic heterocycles. The van der Waals surface area contributed by atoms with Crippen LogP contribution in [0.2, 0.25) is 10.0 Å². The van der Waals surface area contributed by atoms with Gasteiger partial charge in [0.2, 0.25) is 0 Å². The summed E-state index contributed by atoms with van der Waals surface area (Å²) in [5.74, 6) is -0.226. The lowest BCUT2D eigenvalue weighted by Gasteiger charge is -2.29. The zero-order valence-corrected chi connectivity index (χ0v) is 13.8. The fraction of sp³-hybridized carbons (Fsp3) is 0.500. The minimum absolute atomic E-state index is 0. The van der Waals surface area contributed by atoms with Gasteiger partial charge in [0.15, 0.2) is 0 Å². The van der Waals surface area contributed by atoms with Crippen molar-refractivity contribution in [3.63, 3.8) is 0 Å². The molecule has 0 saturated carbocycles. The first-order valence-corrected chi connectivity index (χ1v) is 7.34. The molecule has 0 atom stereocenters. The molecule has 118 valence electrons. The molecule has 1 N–H and O–H groups in total. The highest BCUT2D eigenvalue weighted by Crippen LogP contribution is 2.24. The highest BCUT2D eigenvalue weighted by Gasteiger charge is 2.24. The van der Waals surface area contributed by atoms with Crippen LogP contribution in [0.4, 0.5) is 0 Å². The van der Waals surface area contributed by atoms with Crippen LogP contribution in [0.15, 0.2) is 18.2 Å². The van der Waals surface area contributed by atoms with Crippen molar-refractivity contribution in [1.29, 1.82) is 0 Å². The van der Waals surface area contributed by atoms with E-state index in [0.29, 0.717) is 35.2 Å².